The second-order valence-electron chi connectivity index (χ2n) is 6.84. The highest BCUT2D eigenvalue weighted by molar-refractivity contribution is 5.94. The van der Waals surface area contributed by atoms with Crippen molar-refractivity contribution in [1.29, 1.82) is 0 Å². The normalized spacial score (nSPS) is 20.0. The van der Waals surface area contributed by atoms with Gasteiger partial charge in [-0.05, 0) is 12.8 Å². The van der Waals surface area contributed by atoms with E-state index in [4.69, 9.17) is 5.73 Å². The van der Waals surface area contributed by atoms with Gasteiger partial charge in [-0.25, -0.2) is 14.5 Å². The summed E-state index contributed by atoms with van der Waals surface area (Å²) in [7, 11) is 1.77. The molecule has 5 N–H and O–H groups in total. The molecular weight excluding hydrogens is 351 g/mol. The lowest BCUT2D eigenvalue weighted by atomic mass is 9.91. The lowest BCUT2D eigenvalue weighted by Crippen LogP contribution is -2.43. The zero-order valence-electron chi connectivity index (χ0n) is 14.9. The van der Waals surface area contributed by atoms with Crippen molar-refractivity contribution in [2.45, 2.75) is 37.8 Å². The zero-order chi connectivity index (χ0) is 19.0. The molecule has 0 saturated heterocycles. The Morgan fingerprint density at radius 2 is 2.11 bits per heavy atom. The van der Waals surface area contributed by atoms with Crippen LogP contribution < -0.4 is 21.9 Å². The molecule has 1 fully saturated rings. The number of fused-ring (bicyclic) bond motifs is 1. The number of rotatable bonds is 4. The predicted molar refractivity (Wildman–Crippen MR) is 100 cm³/mol. The van der Waals surface area contributed by atoms with Crippen LogP contribution in [0.15, 0.2) is 23.4 Å². The lowest BCUT2D eigenvalue weighted by molar-refractivity contribution is 0.402. The molecule has 27 heavy (non-hydrogen) atoms. The van der Waals surface area contributed by atoms with Crippen LogP contribution in [0.4, 0.5) is 21.7 Å². The second kappa shape index (κ2) is 6.95. The number of aryl methyl sites for hydroxylation is 1. The van der Waals surface area contributed by atoms with Gasteiger partial charge >= 0.3 is 0 Å². The largest absolute Gasteiger partial charge is 0.363 e. The molecule has 3 aromatic heterocycles. The van der Waals surface area contributed by atoms with Gasteiger partial charge in [0.15, 0.2) is 11.6 Å². The van der Waals surface area contributed by atoms with Crippen LogP contribution in [0.2, 0.25) is 0 Å². The molecule has 1 aliphatic rings. The van der Waals surface area contributed by atoms with Crippen LogP contribution >= 0.6 is 0 Å². The highest BCUT2D eigenvalue weighted by atomic mass is 19.1. The van der Waals surface area contributed by atoms with Gasteiger partial charge in [-0.3, -0.25) is 9.48 Å². The Morgan fingerprint density at radius 1 is 1.30 bits per heavy atom. The summed E-state index contributed by atoms with van der Waals surface area (Å²) in [4.78, 5) is 16.6. The van der Waals surface area contributed by atoms with E-state index >= 15 is 4.39 Å². The van der Waals surface area contributed by atoms with Gasteiger partial charge in [0.05, 0.1) is 28.9 Å². The molecular formula is C17H21FN8O. The molecule has 9 nitrogen and oxygen atoms in total. The van der Waals surface area contributed by atoms with E-state index in [-0.39, 0.29) is 34.5 Å². The van der Waals surface area contributed by atoms with Gasteiger partial charge in [0.1, 0.15) is 5.82 Å². The Morgan fingerprint density at radius 3 is 2.85 bits per heavy atom. The van der Waals surface area contributed by atoms with Crippen LogP contribution in [0.25, 0.3) is 10.8 Å². The molecule has 0 spiro atoms. The van der Waals surface area contributed by atoms with E-state index in [0.29, 0.717) is 5.69 Å². The molecule has 2 atom stereocenters. The van der Waals surface area contributed by atoms with Gasteiger partial charge in [0, 0.05) is 25.3 Å². The highest BCUT2D eigenvalue weighted by Gasteiger charge is 2.25. The summed E-state index contributed by atoms with van der Waals surface area (Å²) < 4.78 is 16.7. The average molecular weight is 372 g/mol. The van der Waals surface area contributed by atoms with Crippen molar-refractivity contribution in [2.24, 2.45) is 12.8 Å². The molecule has 4 rings (SSSR count). The Kier molecular flexibility index (Phi) is 4.48. The van der Waals surface area contributed by atoms with Crippen molar-refractivity contribution in [3.05, 3.63) is 34.8 Å². The van der Waals surface area contributed by atoms with Crippen LogP contribution in [0, 0.1) is 5.82 Å². The van der Waals surface area contributed by atoms with Crippen LogP contribution in [-0.2, 0) is 7.05 Å². The Labute approximate surface area is 154 Å². The first-order chi connectivity index (χ1) is 13.0. The molecule has 0 aromatic carbocycles. The number of aromatic nitrogens is 5. The van der Waals surface area contributed by atoms with Crippen LogP contribution in [0.1, 0.15) is 25.7 Å². The standard InChI is InChI=1S/C17H21FN8O/c1-26-8-9(6-21-26)22-15-13-10(7-20-25-17(13)27)14(18)16(24-15)23-12-5-3-2-4-11(12)19/h6-8,11-12H,2-5,19H2,1H3,(H,25,27)(H2,22,23,24). The number of anilines is 3. The Balaban J connectivity index is 1.79. The number of nitrogens with zero attached hydrogens (tertiary/aromatic N) is 4. The third-order valence-electron chi connectivity index (χ3n) is 4.87. The van der Waals surface area contributed by atoms with Gasteiger partial charge in [-0.2, -0.15) is 10.2 Å². The summed E-state index contributed by atoms with van der Waals surface area (Å²) in [5.74, 6) is -0.323. The first-order valence-corrected chi connectivity index (χ1v) is 8.87. The summed E-state index contributed by atoms with van der Waals surface area (Å²) in [6.07, 6.45) is 8.44. The number of H-pyrrole nitrogens is 1. The summed E-state index contributed by atoms with van der Waals surface area (Å²) in [5.41, 5.74) is 6.28. The first kappa shape index (κ1) is 17.4. The molecule has 0 aliphatic heterocycles. The van der Waals surface area contributed by atoms with E-state index < -0.39 is 11.4 Å². The van der Waals surface area contributed by atoms with E-state index in [0.717, 1.165) is 25.7 Å². The van der Waals surface area contributed by atoms with Gasteiger partial charge in [-0.15, -0.1) is 0 Å². The number of aromatic amines is 1. The average Bonchev–Trinajstić information content (AvgIpc) is 3.05. The fraction of sp³-hybridized carbons (Fsp3) is 0.412. The zero-order valence-corrected chi connectivity index (χ0v) is 14.9. The monoisotopic (exact) mass is 372 g/mol. The molecule has 3 aromatic rings. The number of hydrogen-bond acceptors (Lipinski definition) is 7. The lowest BCUT2D eigenvalue weighted by Gasteiger charge is -2.30. The summed E-state index contributed by atoms with van der Waals surface area (Å²) >= 11 is 0. The number of nitrogens with two attached hydrogens (primary N) is 1. The molecule has 10 heteroatoms. The van der Waals surface area contributed by atoms with E-state index in [1.165, 1.54) is 6.20 Å². The Bertz CT molecular complexity index is 1030. The van der Waals surface area contributed by atoms with Crippen molar-refractivity contribution < 1.29 is 4.39 Å². The topological polar surface area (TPSA) is 127 Å². The quantitative estimate of drug-likeness (QED) is 0.548. The summed E-state index contributed by atoms with van der Waals surface area (Å²) in [5, 5.41) is 16.5. The summed E-state index contributed by atoms with van der Waals surface area (Å²) in [6.45, 7) is 0. The van der Waals surface area contributed by atoms with Crippen molar-refractivity contribution in [3.63, 3.8) is 0 Å². The minimum atomic E-state index is -0.613. The second-order valence-corrected chi connectivity index (χ2v) is 6.84. The number of pyridine rings is 1. The number of nitrogens with one attached hydrogen (secondary N) is 3. The van der Waals surface area contributed by atoms with Crippen LogP contribution in [0.5, 0.6) is 0 Å². The fourth-order valence-electron chi connectivity index (χ4n) is 3.47. The third-order valence-corrected chi connectivity index (χ3v) is 4.87. The SMILES string of the molecule is Cn1cc(Nc2nc(NC3CCCCC3N)c(F)c3cn[nH]c(=O)c23)cn1. The maximum atomic E-state index is 15.1. The molecule has 0 amide bonds. The van der Waals surface area contributed by atoms with E-state index in [1.54, 1.807) is 24.1 Å². The van der Waals surface area contributed by atoms with Crippen LogP contribution in [-0.4, -0.2) is 37.0 Å². The fourth-order valence-corrected chi connectivity index (χ4v) is 3.47. The smallest absolute Gasteiger partial charge is 0.275 e. The maximum absolute atomic E-state index is 15.1. The first-order valence-electron chi connectivity index (χ1n) is 8.87. The molecule has 142 valence electrons. The Hall–Kier alpha value is -3.01. The molecule has 2 unspecified atom stereocenters. The maximum Gasteiger partial charge on any atom is 0.275 e. The third kappa shape index (κ3) is 3.35. The molecule has 0 bridgehead atoms. The van der Waals surface area contributed by atoms with Crippen molar-refractivity contribution in [3.8, 4) is 0 Å². The van der Waals surface area contributed by atoms with Crippen molar-refractivity contribution >= 4 is 28.1 Å². The minimum absolute atomic E-state index is 0.0589. The van der Waals surface area contributed by atoms with Crippen LogP contribution in [0.3, 0.4) is 0 Å². The predicted octanol–water partition coefficient (Wildman–Crippen LogP) is 1.62. The highest BCUT2D eigenvalue weighted by Crippen LogP contribution is 2.29. The van der Waals surface area contributed by atoms with Crippen molar-refractivity contribution in [2.75, 3.05) is 10.6 Å². The van der Waals surface area contributed by atoms with Crippen molar-refractivity contribution in [1.82, 2.24) is 25.0 Å². The molecule has 0 radical (unpaired) electrons. The van der Waals surface area contributed by atoms with Gasteiger partial charge in [0.2, 0.25) is 0 Å². The van der Waals surface area contributed by atoms with Gasteiger partial charge in [-0.1, -0.05) is 12.8 Å². The number of halogens is 1. The summed E-state index contributed by atoms with van der Waals surface area (Å²) in [6, 6.07) is -0.137. The van der Waals surface area contributed by atoms with E-state index in [9.17, 15) is 4.79 Å². The minimum Gasteiger partial charge on any atom is -0.363 e. The number of hydrogen-bond donors (Lipinski definition) is 4. The van der Waals surface area contributed by atoms with E-state index in [1.807, 2.05) is 0 Å². The molecule has 1 aliphatic carbocycles. The van der Waals surface area contributed by atoms with E-state index in [2.05, 4.69) is 30.9 Å². The molecule has 3 heterocycles. The van der Waals surface area contributed by atoms with Gasteiger partial charge < -0.3 is 16.4 Å². The molecule has 1 saturated carbocycles. The van der Waals surface area contributed by atoms with Gasteiger partial charge in [0.25, 0.3) is 5.56 Å².